The zero-order chi connectivity index (χ0) is 22.2. The van der Waals surface area contributed by atoms with Gasteiger partial charge in [-0.25, -0.2) is 4.79 Å². The Morgan fingerprint density at radius 3 is 1.52 bits per heavy atom. The van der Waals surface area contributed by atoms with Crippen molar-refractivity contribution in [1.29, 1.82) is 0 Å². The van der Waals surface area contributed by atoms with Gasteiger partial charge >= 0.3 is 16.5 Å². The van der Waals surface area contributed by atoms with Gasteiger partial charge in [0, 0.05) is 5.57 Å². The maximum Gasteiger partial charge on any atom is 0.345 e. The molecule has 165 valence electrons. The zero-order valence-electron chi connectivity index (χ0n) is 19.1. The van der Waals surface area contributed by atoms with E-state index in [4.69, 9.17) is 4.43 Å². The van der Waals surface area contributed by atoms with Crippen molar-refractivity contribution in [3.63, 3.8) is 0 Å². The molecule has 2 nitrogen and oxygen atoms in total. The van der Waals surface area contributed by atoms with Crippen LogP contribution in [0.25, 0.3) is 5.57 Å². The molecule has 0 unspecified atom stereocenters. The molecule has 31 heavy (non-hydrogen) atoms. The lowest BCUT2D eigenvalue weighted by molar-refractivity contribution is -0.129. The molecule has 2 rings (SSSR count). The van der Waals surface area contributed by atoms with Crippen LogP contribution in [0.1, 0.15) is 95.1 Å². The van der Waals surface area contributed by atoms with Gasteiger partial charge in [0.15, 0.2) is 0 Å². The highest BCUT2D eigenvalue weighted by atomic mass is 28.2. The van der Waals surface area contributed by atoms with Gasteiger partial charge in [-0.2, -0.15) is 0 Å². The van der Waals surface area contributed by atoms with Crippen molar-refractivity contribution in [2.75, 3.05) is 0 Å². The molecule has 0 bridgehead atoms. The molecule has 0 heterocycles. The highest BCUT2D eigenvalue weighted by Gasteiger charge is 2.18. The normalized spacial score (nSPS) is 10.6. The molecule has 0 saturated carbocycles. The van der Waals surface area contributed by atoms with Crippen LogP contribution >= 0.6 is 0 Å². The van der Waals surface area contributed by atoms with Crippen LogP contribution in [-0.2, 0) is 9.22 Å². The maximum atomic E-state index is 12.7. The summed E-state index contributed by atoms with van der Waals surface area (Å²) in [4.78, 5) is 12.7. The summed E-state index contributed by atoms with van der Waals surface area (Å²) in [5, 5.41) is 0. The van der Waals surface area contributed by atoms with Crippen molar-refractivity contribution >= 4 is 22.0 Å². The minimum Gasteiger partial charge on any atom is -0.513 e. The van der Waals surface area contributed by atoms with E-state index in [1.807, 2.05) is 36.4 Å². The van der Waals surface area contributed by atoms with Crippen molar-refractivity contribution in [2.45, 2.75) is 84.0 Å². The second-order valence-corrected chi connectivity index (χ2v) is 8.46. The molecule has 0 aliphatic carbocycles. The van der Waals surface area contributed by atoms with Crippen molar-refractivity contribution in [3.05, 3.63) is 77.4 Å². The van der Waals surface area contributed by atoms with E-state index in [1.54, 1.807) is 0 Å². The molecule has 3 radical (unpaired) electrons. The lowest BCUT2D eigenvalue weighted by atomic mass is 9.90. The number of carbonyl (C=O) groups excluding carboxylic acids is 1. The first-order valence-electron chi connectivity index (χ1n) is 12.0. The smallest absolute Gasteiger partial charge is 0.345 e. The first kappa shape index (κ1) is 25.1. The first-order chi connectivity index (χ1) is 15.3. The summed E-state index contributed by atoms with van der Waals surface area (Å²) >= 11 is 0. The lowest BCUT2D eigenvalue weighted by Crippen LogP contribution is -2.09. The predicted octanol–water partition coefficient (Wildman–Crippen LogP) is 7.82. The number of rotatable bonds is 15. The summed E-state index contributed by atoms with van der Waals surface area (Å²) in [5.74, 6) is -0.300. The number of hydrogen-bond acceptors (Lipinski definition) is 2. The number of benzene rings is 2. The Bertz CT molecular complexity index is 727. The first-order valence-corrected chi connectivity index (χ1v) is 12.4. The van der Waals surface area contributed by atoms with E-state index in [9.17, 15) is 4.79 Å². The van der Waals surface area contributed by atoms with E-state index >= 15 is 0 Å². The summed E-state index contributed by atoms with van der Waals surface area (Å²) in [7, 11) is 2.97. The van der Waals surface area contributed by atoms with Gasteiger partial charge in [-0.1, -0.05) is 132 Å². The highest BCUT2D eigenvalue weighted by Crippen LogP contribution is 2.30. The van der Waals surface area contributed by atoms with E-state index in [0.29, 0.717) is 0 Å². The molecule has 0 aromatic heterocycles. The largest absolute Gasteiger partial charge is 0.513 e. The van der Waals surface area contributed by atoms with Crippen LogP contribution in [0.15, 0.2) is 66.2 Å². The molecule has 0 saturated heterocycles. The summed E-state index contributed by atoms with van der Waals surface area (Å²) in [6.07, 6.45) is 14.9. The van der Waals surface area contributed by atoms with Crippen LogP contribution in [0.4, 0.5) is 0 Å². The number of unbranched alkanes of at least 4 members (excludes halogenated alkanes) is 10. The SMILES string of the molecule is CCCCCCCCCCCCCC(C(=O)O[Si])=C(c1ccccc1)c1ccccc1. The lowest BCUT2D eigenvalue weighted by Gasteiger charge is -2.15. The van der Waals surface area contributed by atoms with Crippen molar-refractivity contribution in [1.82, 2.24) is 0 Å². The molecule has 2 aromatic carbocycles. The van der Waals surface area contributed by atoms with Gasteiger partial charge in [-0.15, -0.1) is 0 Å². The zero-order valence-corrected chi connectivity index (χ0v) is 20.1. The maximum absolute atomic E-state index is 12.7. The second kappa shape index (κ2) is 15.6. The van der Waals surface area contributed by atoms with Crippen LogP contribution in [0.3, 0.4) is 0 Å². The molecule has 0 fully saturated rings. The minimum absolute atomic E-state index is 0.300. The Balaban J connectivity index is 1.95. The third-order valence-corrected chi connectivity index (χ3v) is 5.98. The van der Waals surface area contributed by atoms with Gasteiger partial charge in [-0.3, -0.25) is 0 Å². The summed E-state index contributed by atoms with van der Waals surface area (Å²) in [6.45, 7) is 2.26. The number of hydrogen-bond donors (Lipinski definition) is 0. The predicted molar refractivity (Wildman–Crippen MR) is 132 cm³/mol. The van der Waals surface area contributed by atoms with Crippen molar-refractivity contribution in [2.24, 2.45) is 0 Å². The van der Waals surface area contributed by atoms with Crippen LogP contribution in [-0.4, -0.2) is 16.5 Å². The quantitative estimate of drug-likeness (QED) is 0.163. The third-order valence-electron chi connectivity index (χ3n) is 5.80. The molecular formula is C28H37O2Si. The van der Waals surface area contributed by atoms with Gasteiger partial charge in [0.1, 0.15) is 0 Å². The molecule has 0 spiro atoms. The Labute approximate surface area is 192 Å². The Morgan fingerprint density at radius 1 is 0.677 bits per heavy atom. The van der Waals surface area contributed by atoms with Gasteiger partial charge in [0.25, 0.3) is 0 Å². The Hall–Kier alpha value is -2.13. The molecule has 2 aromatic rings. The van der Waals surface area contributed by atoms with Gasteiger partial charge in [0.05, 0.1) is 0 Å². The van der Waals surface area contributed by atoms with Gasteiger partial charge in [0.2, 0.25) is 0 Å². The van der Waals surface area contributed by atoms with Crippen molar-refractivity contribution in [3.8, 4) is 0 Å². The molecule has 3 heteroatoms. The molecule has 0 aliphatic heterocycles. The van der Waals surface area contributed by atoms with Crippen molar-refractivity contribution < 1.29 is 9.22 Å². The fourth-order valence-corrected chi connectivity index (χ4v) is 4.20. The molecule has 0 amide bonds. The average Bonchev–Trinajstić information content (AvgIpc) is 2.82. The summed E-state index contributed by atoms with van der Waals surface area (Å²) in [5.41, 5.74) is 3.80. The molecular weight excluding hydrogens is 396 g/mol. The highest BCUT2D eigenvalue weighted by molar-refractivity contribution is 6.12. The van der Waals surface area contributed by atoms with E-state index in [2.05, 4.69) is 41.7 Å². The number of carbonyl (C=O) groups is 1. The fourth-order valence-electron chi connectivity index (χ4n) is 4.08. The average molecular weight is 434 g/mol. The summed E-state index contributed by atoms with van der Waals surface area (Å²) < 4.78 is 5.00. The standard InChI is InChI=1S/C28H37O2Si/c1-2-3-4-5-6-7-8-9-10-11-18-23-26(28(29)30-31)27(24-19-14-12-15-20-24)25-21-16-13-17-22-25/h12-17,19-22H,2-11,18,23H2,1H3. The summed E-state index contributed by atoms with van der Waals surface area (Å²) in [6, 6.07) is 20.3. The minimum atomic E-state index is -0.300. The second-order valence-electron chi connectivity index (χ2n) is 8.26. The fraction of sp³-hybridized carbons (Fsp3) is 0.464. The van der Waals surface area contributed by atoms with E-state index in [-0.39, 0.29) is 5.97 Å². The molecule has 0 atom stereocenters. The van der Waals surface area contributed by atoms with Crippen LogP contribution in [0.5, 0.6) is 0 Å². The molecule has 0 N–H and O–H groups in total. The third kappa shape index (κ3) is 9.26. The van der Waals surface area contributed by atoms with Crippen LogP contribution < -0.4 is 0 Å². The van der Waals surface area contributed by atoms with Gasteiger partial charge < -0.3 is 4.43 Å². The van der Waals surface area contributed by atoms with E-state index < -0.39 is 0 Å². The topological polar surface area (TPSA) is 26.3 Å². The monoisotopic (exact) mass is 433 g/mol. The van der Waals surface area contributed by atoms with Crippen LogP contribution in [0, 0.1) is 0 Å². The van der Waals surface area contributed by atoms with Gasteiger partial charge in [-0.05, 0) is 29.5 Å². The molecule has 0 aliphatic rings. The van der Waals surface area contributed by atoms with E-state index in [1.165, 1.54) is 57.8 Å². The Kier molecular flexibility index (Phi) is 12.7. The van der Waals surface area contributed by atoms with E-state index in [0.717, 1.165) is 41.5 Å². The Morgan fingerprint density at radius 2 is 1.10 bits per heavy atom. The van der Waals surface area contributed by atoms with Crippen LogP contribution in [0.2, 0.25) is 0 Å².